The van der Waals surface area contributed by atoms with E-state index in [1.807, 2.05) is 13.8 Å². The molecule has 0 fully saturated rings. The van der Waals surface area contributed by atoms with Crippen LogP contribution in [0, 0.1) is 24.7 Å². The highest BCUT2D eigenvalue weighted by Gasteiger charge is 2.30. The van der Waals surface area contributed by atoms with Crippen molar-refractivity contribution in [1.29, 1.82) is 0 Å². The van der Waals surface area contributed by atoms with Crippen molar-refractivity contribution in [3.8, 4) is 0 Å². The van der Waals surface area contributed by atoms with Crippen LogP contribution in [0.15, 0.2) is 24.4 Å². The molecule has 3 atom stereocenters. The molecule has 0 aliphatic heterocycles. The summed E-state index contributed by atoms with van der Waals surface area (Å²) in [5.41, 5.74) is 9.08. The number of nitrogens with one attached hydrogen (secondary N) is 1. The highest BCUT2D eigenvalue weighted by Crippen LogP contribution is 2.34. The van der Waals surface area contributed by atoms with Gasteiger partial charge in [0.1, 0.15) is 0 Å². The average Bonchev–Trinajstić information content (AvgIpc) is 2.59. The van der Waals surface area contributed by atoms with E-state index in [9.17, 15) is 9.18 Å². The van der Waals surface area contributed by atoms with Crippen LogP contribution in [-0.4, -0.2) is 10.9 Å². The molecule has 0 radical (unpaired) electrons. The molecule has 1 aromatic heterocycles. The van der Waals surface area contributed by atoms with Gasteiger partial charge in [0, 0.05) is 29.4 Å². The lowest BCUT2D eigenvalue weighted by atomic mass is 9.80. The van der Waals surface area contributed by atoms with E-state index >= 15 is 0 Å². The third-order valence-corrected chi connectivity index (χ3v) is 5.83. The van der Waals surface area contributed by atoms with E-state index in [0.717, 1.165) is 11.1 Å². The summed E-state index contributed by atoms with van der Waals surface area (Å²) in [4.78, 5) is 16.7. The van der Waals surface area contributed by atoms with Crippen LogP contribution in [0.25, 0.3) is 0 Å². The van der Waals surface area contributed by atoms with Gasteiger partial charge in [0.25, 0.3) is 0 Å². The Morgan fingerprint density at radius 2 is 2.00 bits per heavy atom. The maximum atomic E-state index is 14.1. The molecule has 3 rings (SSSR count). The highest BCUT2D eigenvalue weighted by molar-refractivity contribution is 6.42. The Labute approximate surface area is 168 Å². The van der Waals surface area contributed by atoms with Gasteiger partial charge < -0.3 is 11.1 Å². The Hall–Kier alpha value is -1.69. The van der Waals surface area contributed by atoms with Gasteiger partial charge in [0.05, 0.1) is 10.0 Å². The molecule has 0 bridgehead atoms. The van der Waals surface area contributed by atoms with Gasteiger partial charge in [-0.25, -0.2) is 4.98 Å². The first-order chi connectivity index (χ1) is 12.8. The number of halogens is 3. The molecule has 1 amide bonds. The minimum atomic E-state index is -0.468. The van der Waals surface area contributed by atoms with E-state index in [1.54, 1.807) is 18.2 Å². The van der Waals surface area contributed by atoms with E-state index in [1.165, 1.54) is 6.20 Å². The summed E-state index contributed by atoms with van der Waals surface area (Å²) in [5, 5.41) is 3.78. The largest absolute Gasteiger partial charge is 0.326 e. The van der Waals surface area contributed by atoms with E-state index in [2.05, 4.69) is 10.3 Å². The summed E-state index contributed by atoms with van der Waals surface area (Å²) < 4.78 is 14.1. The number of pyridine rings is 1. The Balaban J connectivity index is 1.83. The number of amides is 1. The zero-order valence-electron chi connectivity index (χ0n) is 15.2. The fraction of sp³-hybridized carbons (Fsp3) is 0.400. The second kappa shape index (κ2) is 8.13. The van der Waals surface area contributed by atoms with Crippen molar-refractivity contribution in [2.75, 3.05) is 5.32 Å². The van der Waals surface area contributed by atoms with Gasteiger partial charge in [-0.15, -0.1) is 0 Å². The maximum Gasteiger partial charge on any atom is 0.227 e. The number of nitrogens with two attached hydrogens (primary N) is 1. The molecule has 1 aliphatic carbocycles. The van der Waals surface area contributed by atoms with Crippen LogP contribution < -0.4 is 11.1 Å². The van der Waals surface area contributed by atoms with Gasteiger partial charge in [0.15, 0.2) is 0 Å². The SMILES string of the molecule is Cc1cc(Cl)c(Cl)cc1NC(=O)C1C[C@H](C)Cc2c(ccnc2F)[C@H](N)C1. The van der Waals surface area contributed by atoms with Crippen molar-refractivity contribution in [3.05, 3.63) is 57.1 Å². The Morgan fingerprint density at radius 1 is 1.30 bits per heavy atom. The van der Waals surface area contributed by atoms with Crippen molar-refractivity contribution in [2.24, 2.45) is 17.6 Å². The number of rotatable bonds is 2. The number of aryl methyl sites for hydroxylation is 1. The monoisotopic (exact) mass is 409 g/mol. The summed E-state index contributed by atoms with van der Waals surface area (Å²) >= 11 is 12.1. The van der Waals surface area contributed by atoms with Gasteiger partial charge in [0.2, 0.25) is 11.9 Å². The van der Waals surface area contributed by atoms with Gasteiger partial charge >= 0.3 is 0 Å². The fourth-order valence-electron chi connectivity index (χ4n) is 3.71. The third kappa shape index (κ3) is 4.42. The summed E-state index contributed by atoms with van der Waals surface area (Å²) in [6.07, 6.45) is 2.99. The number of nitrogens with zero attached hydrogens (tertiary/aromatic N) is 1. The zero-order valence-corrected chi connectivity index (χ0v) is 16.7. The molecule has 1 heterocycles. The van der Waals surface area contributed by atoms with Crippen molar-refractivity contribution in [3.63, 3.8) is 0 Å². The van der Waals surface area contributed by atoms with Crippen molar-refractivity contribution in [2.45, 2.75) is 39.2 Å². The van der Waals surface area contributed by atoms with Crippen LogP contribution in [0.1, 0.15) is 42.5 Å². The molecule has 0 saturated heterocycles. The first-order valence-electron chi connectivity index (χ1n) is 8.91. The molecule has 3 N–H and O–H groups in total. The van der Waals surface area contributed by atoms with Gasteiger partial charge in [-0.2, -0.15) is 4.39 Å². The molecule has 0 saturated carbocycles. The van der Waals surface area contributed by atoms with Gasteiger partial charge in [-0.1, -0.05) is 30.1 Å². The summed E-state index contributed by atoms with van der Waals surface area (Å²) in [6.45, 7) is 3.87. The summed E-state index contributed by atoms with van der Waals surface area (Å²) in [7, 11) is 0. The molecule has 0 spiro atoms. The first kappa shape index (κ1) is 20.1. The summed E-state index contributed by atoms with van der Waals surface area (Å²) in [6, 6.07) is 4.70. The minimum Gasteiger partial charge on any atom is -0.326 e. The van der Waals surface area contributed by atoms with Crippen molar-refractivity contribution >= 4 is 34.8 Å². The van der Waals surface area contributed by atoms with Crippen molar-refractivity contribution in [1.82, 2.24) is 4.98 Å². The Bertz CT molecular complexity index is 875. The van der Waals surface area contributed by atoms with Gasteiger partial charge in [-0.3, -0.25) is 4.79 Å². The lowest BCUT2D eigenvalue weighted by molar-refractivity contribution is -0.120. The quantitative estimate of drug-likeness (QED) is 0.680. The Kier molecular flexibility index (Phi) is 6.04. The number of aromatic nitrogens is 1. The predicted molar refractivity (Wildman–Crippen MR) is 107 cm³/mol. The highest BCUT2D eigenvalue weighted by atomic mass is 35.5. The molecule has 27 heavy (non-hydrogen) atoms. The van der Waals surface area contributed by atoms with Crippen LogP contribution in [0.3, 0.4) is 0 Å². The predicted octanol–water partition coefficient (Wildman–Crippen LogP) is 5.06. The molecular weight excluding hydrogens is 388 g/mol. The van der Waals surface area contributed by atoms with E-state index < -0.39 is 12.0 Å². The van der Waals surface area contributed by atoms with E-state index in [0.29, 0.717) is 40.6 Å². The van der Waals surface area contributed by atoms with Crippen LogP contribution in [0.2, 0.25) is 10.0 Å². The number of hydrogen-bond donors (Lipinski definition) is 2. The lowest BCUT2D eigenvalue weighted by Crippen LogP contribution is -2.31. The zero-order chi connectivity index (χ0) is 19.7. The van der Waals surface area contributed by atoms with E-state index in [-0.39, 0.29) is 17.7 Å². The van der Waals surface area contributed by atoms with Crippen LogP contribution in [-0.2, 0) is 11.2 Å². The van der Waals surface area contributed by atoms with Crippen molar-refractivity contribution < 1.29 is 9.18 Å². The second-order valence-corrected chi connectivity index (χ2v) is 8.14. The molecular formula is C20H22Cl2FN3O. The average molecular weight is 410 g/mol. The van der Waals surface area contributed by atoms with Crippen LogP contribution in [0.4, 0.5) is 10.1 Å². The van der Waals surface area contributed by atoms with Crippen LogP contribution in [0.5, 0.6) is 0 Å². The smallest absolute Gasteiger partial charge is 0.227 e. The fourth-order valence-corrected chi connectivity index (χ4v) is 4.09. The second-order valence-electron chi connectivity index (χ2n) is 7.32. The van der Waals surface area contributed by atoms with E-state index in [4.69, 9.17) is 28.9 Å². The minimum absolute atomic E-state index is 0.114. The third-order valence-electron chi connectivity index (χ3n) is 5.11. The number of carbonyl (C=O) groups is 1. The van der Waals surface area contributed by atoms with Gasteiger partial charge in [-0.05, 0) is 61.4 Å². The summed E-state index contributed by atoms with van der Waals surface area (Å²) in [5.74, 6) is -0.741. The number of fused-ring (bicyclic) bond motifs is 1. The molecule has 144 valence electrons. The number of benzene rings is 1. The molecule has 7 heteroatoms. The number of anilines is 1. The number of hydrogen-bond acceptors (Lipinski definition) is 3. The number of carbonyl (C=O) groups excluding carboxylic acids is 1. The first-order valence-corrected chi connectivity index (χ1v) is 9.67. The topological polar surface area (TPSA) is 68.0 Å². The standard InChI is InChI=1S/C20H22Cl2FN3O/c1-10-5-12(8-17(24)13-3-4-25-19(23)14(13)6-10)20(27)26-18-9-16(22)15(21)7-11(18)2/h3-4,7,9-10,12,17H,5-6,8,24H2,1-2H3,(H,26,27)/t10-,12?,17+/m0/s1. The lowest BCUT2D eigenvalue weighted by Gasteiger charge is -2.28. The van der Waals surface area contributed by atoms with Crippen LogP contribution >= 0.6 is 23.2 Å². The molecule has 1 aromatic carbocycles. The molecule has 1 aliphatic rings. The normalized spacial score (nSPS) is 22.5. The maximum absolute atomic E-state index is 14.1. The molecule has 2 aromatic rings. The molecule has 1 unspecified atom stereocenters. The molecule has 4 nitrogen and oxygen atoms in total. The Morgan fingerprint density at radius 3 is 2.74 bits per heavy atom.